The third-order valence-electron chi connectivity index (χ3n) is 3.28. The number of nitrogens with one attached hydrogen (secondary N) is 1. The van der Waals surface area contributed by atoms with E-state index in [4.69, 9.17) is 10.6 Å². The number of aryl methyl sites for hydroxylation is 2. The van der Waals surface area contributed by atoms with Crippen LogP contribution in [0.4, 0.5) is 0 Å². The average molecular weight is 290 g/mol. The Kier molecular flexibility index (Phi) is 6.05. The third kappa shape index (κ3) is 4.96. The first-order valence-electron chi connectivity index (χ1n) is 6.96. The van der Waals surface area contributed by atoms with Crippen molar-refractivity contribution >= 4 is 11.3 Å². The number of benzene rings is 1. The minimum Gasteiger partial charge on any atom is -0.494 e. The zero-order chi connectivity index (χ0) is 14.2. The fourth-order valence-corrected chi connectivity index (χ4v) is 2.83. The summed E-state index contributed by atoms with van der Waals surface area (Å²) in [4.78, 5) is 1.41. The molecule has 0 aliphatic heterocycles. The molecule has 4 heteroatoms. The highest BCUT2D eigenvalue weighted by Gasteiger charge is 2.07. The summed E-state index contributed by atoms with van der Waals surface area (Å²) in [6.45, 7) is 2.75. The summed E-state index contributed by atoms with van der Waals surface area (Å²) < 4.78 is 5.76. The van der Waals surface area contributed by atoms with Crippen LogP contribution >= 0.6 is 11.3 Å². The predicted molar refractivity (Wildman–Crippen MR) is 85.0 cm³/mol. The molecule has 0 spiro atoms. The first-order valence-corrected chi connectivity index (χ1v) is 7.84. The van der Waals surface area contributed by atoms with Gasteiger partial charge in [-0.3, -0.25) is 11.3 Å². The molecular formula is C16H22N2OS. The van der Waals surface area contributed by atoms with Gasteiger partial charge in [0.25, 0.3) is 0 Å². The maximum absolute atomic E-state index is 5.76. The van der Waals surface area contributed by atoms with Crippen LogP contribution in [0.1, 0.15) is 23.3 Å². The maximum atomic E-state index is 5.76. The van der Waals surface area contributed by atoms with Crippen molar-refractivity contribution in [1.29, 1.82) is 0 Å². The van der Waals surface area contributed by atoms with Gasteiger partial charge >= 0.3 is 0 Å². The predicted octanol–water partition coefficient (Wildman–Crippen LogP) is 3.29. The van der Waals surface area contributed by atoms with Gasteiger partial charge in [-0.05, 0) is 55.3 Å². The number of nitrogens with two attached hydrogens (primary N) is 1. The van der Waals surface area contributed by atoms with Crippen LogP contribution in [0.15, 0.2) is 41.8 Å². The highest BCUT2D eigenvalue weighted by molar-refractivity contribution is 7.09. The molecule has 1 heterocycles. The molecule has 1 aromatic carbocycles. The Balaban J connectivity index is 1.70. The molecule has 1 unspecified atom stereocenters. The van der Waals surface area contributed by atoms with E-state index in [9.17, 15) is 0 Å². The number of rotatable bonds is 8. The Morgan fingerprint density at radius 1 is 1.25 bits per heavy atom. The Morgan fingerprint density at radius 2 is 2.15 bits per heavy atom. The number of hydrazine groups is 1. The number of thiophene rings is 1. The lowest BCUT2D eigenvalue weighted by molar-refractivity contribution is 0.281. The van der Waals surface area contributed by atoms with Gasteiger partial charge in [0.1, 0.15) is 5.75 Å². The largest absolute Gasteiger partial charge is 0.494 e. The van der Waals surface area contributed by atoms with Crippen molar-refractivity contribution in [1.82, 2.24) is 5.43 Å². The molecule has 0 saturated heterocycles. The summed E-state index contributed by atoms with van der Waals surface area (Å²) >= 11 is 1.80. The molecule has 0 bridgehead atoms. The van der Waals surface area contributed by atoms with Gasteiger partial charge in [0, 0.05) is 10.9 Å². The summed E-state index contributed by atoms with van der Waals surface area (Å²) in [5, 5.41) is 2.11. The van der Waals surface area contributed by atoms with Gasteiger partial charge in [0.2, 0.25) is 0 Å². The van der Waals surface area contributed by atoms with Crippen LogP contribution in [0.25, 0.3) is 0 Å². The highest BCUT2D eigenvalue weighted by atomic mass is 32.1. The Morgan fingerprint density at radius 3 is 2.85 bits per heavy atom. The van der Waals surface area contributed by atoms with Crippen LogP contribution in [0.3, 0.4) is 0 Å². The van der Waals surface area contributed by atoms with Gasteiger partial charge in [0.05, 0.1) is 6.61 Å². The fourth-order valence-electron chi connectivity index (χ4n) is 2.11. The van der Waals surface area contributed by atoms with E-state index in [0.29, 0.717) is 12.6 Å². The van der Waals surface area contributed by atoms with E-state index in [1.54, 1.807) is 11.3 Å². The van der Waals surface area contributed by atoms with Crippen molar-refractivity contribution in [2.75, 3.05) is 6.61 Å². The molecule has 0 aliphatic carbocycles. The molecule has 3 nitrogen and oxygen atoms in total. The summed E-state index contributed by atoms with van der Waals surface area (Å²) in [7, 11) is 0. The molecule has 0 saturated carbocycles. The van der Waals surface area contributed by atoms with E-state index in [2.05, 4.69) is 42.0 Å². The van der Waals surface area contributed by atoms with Crippen molar-refractivity contribution in [2.24, 2.45) is 5.84 Å². The van der Waals surface area contributed by atoms with E-state index in [-0.39, 0.29) is 0 Å². The molecule has 0 aliphatic rings. The highest BCUT2D eigenvalue weighted by Crippen LogP contribution is 2.15. The smallest absolute Gasteiger partial charge is 0.119 e. The van der Waals surface area contributed by atoms with Gasteiger partial charge in [-0.2, -0.15) is 0 Å². The quantitative estimate of drug-likeness (QED) is 0.579. The van der Waals surface area contributed by atoms with E-state index in [1.165, 1.54) is 10.4 Å². The normalized spacial score (nSPS) is 12.3. The zero-order valence-electron chi connectivity index (χ0n) is 11.8. The molecule has 108 valence electrons. The maximum Gasteiger partial charge on any atom is 0.119 e. The molecule has 0 radical (unpaired) electrons. The van der Waals surface area contributed by atoms with Crippen LogP contribution in [0.2, 0.25) is 0 Å². The van der Waals surface area contributed by atoms with Gasteiger partial charge in [-0.25, -0.2) is 0 Å². The van der Waals surface area contributed by atoms with Crippen LogP contribution in [-0.2, 0) is 6.42 Å². The van der Waals surface area contributed by atoms with Crippen molar-refractivity contribution in [3.63, 3.8) is 0 Å². The summed E-state index contributed by atoms with van der Waals surface area (Å²) in [5.41, 5.74) is 4.10. The van der Waals surface area contributed by atoms with Gasteiger partial charge < -0.3 is 4.74 Å². The minimum atomic E-state index is 0.293. The second-order valence-electron chi connectivity index (χ2n) is 4.94. The van der Waals surface area contributed by atoms with Gasteiger partial charge in [-0.15, -0.1) is 11.3 Å². The average Bonchev–Trinajstić information content (AvgIpc) is 2.96. The van der Waals surface area contributed by atoms with Crippen molar-refractivity contribution in [2.45, 2.75) is 32.2 Å². The third-order valence-corrected chi connectivity index (χ3v) is 4.22. The Hall–Kier alpha value is -1.36. The molecular weight excluding hydrogens is 268 g/mol. The number of hydrogen-bond acceptors (Lipinski definition) is 4. The first-order chi connectivity index (χ1) is 9.78. The Bertz CT molecular complexity index is 499. The first kappa shape index (κ1) is 15.0. The zero-order valence-corrected chi connectivity index (χ0v) is 12.7. The lowest BCUT2D eigenvalue weighted by Gasteiger charge is -2.16. The van der Waals surface area contributed by atoms with Crippen molar-refractivity contribution in [3.05, 3.63) is 52.2 Å². The molecule has 1 atom stereocenters. The second kappa shape index (κ2) is 8.04. The molecule has 3 N–H and O–H groups in total. The van der Waals surface area contributed by atoms with Gasteiger partial charge in [0.15, 0.2) is 0 Å². The SMILES string of the molecule is Cc1cccc(OCCC(CCc2cccs2)NN)c1. The van der Waals surface area contributed by atoms with Crippen molar-refractivity contribution in [3.8, 4) is 5.75 Å². The summed E-state index contributed by atoms with van der Waals surface area (Å²) in [6.07, 6.45) is 3.01. The van der Waals surface area contributed by atoms with Crippen LogP contribution in [0.5, 0.6) is 5.75 Å². The van der Waals surface area contributed by atoms with E-state index < -0.39 is 0 Å². The molecule has 0 amide bonds. The van der Waals surface area contributed by atoms with Crippen LogP contribution < -0.4 is 16.0 Å². The summed E-state index contributed by atoms with van der Waals surface area (Å²) in [6, 6.07) is 12.7. The standard InChI is InChI=1S/C16H22N2OS/c1-13-4-2-5-15(12-13)19-10-9-14(18-17)7-8-16-6-3-11-20-16/h2-6,11-12,14,18H,7-10,17H2,1H3. The van der Waals surface area contributed by atoms with E-state index in [1.807, 2.05) is 12.1 Å². The molecule has 2 aromatic rings. The topological polar surface area (TPSA) is 47.3 Å². The number of ether oxygens (including phenoxy) is 1. The summed E-state index contributed by atoms with van der Waals surface area (Å²) in [5.74, 6) is 6.54. The van der Waals surface area contributed by atoms with E-state index >= 15 is 0 Å². The Labute approximate surface area is 124 Å². The van der Waals surface area contributed by atoms with Crippen molar-refractivity contribution < 1.29 is 4.74 Å². The van der Waals surface area contributed by atoms with E-state index in [0.717, 1.165) is 25.0 Å². The lowest BCUT2D eigenvalue weighted by Crippen LogP contribution is -2.36. The monoisotopic (exact) mass is 290 g/mol. The molecule has 2 rings (SSSR count). The lowest BCUT2D eigenvalue weighted by atomic mass is 10.1. The van der Waals surface area contributed by atoms with Crippen LogP contribution in [0, 0.1) is 6.92 Å². The minimum absolute atomic E-state index is 0.293. The fraction of sp³-hybridized carbons (Fsp3) is 0.375. The van der Waals surface area contributed by atoms with Gasteiger partial charge in [-0.1, -0.05) is 18.2 Å². The number of hydrogen-bond donors (Lipinski definition) is 2. The van der Waals surface area contributed by atoms with Crippen LogP contribution in [-0.4, -0.2) is 12.6 Å². The molecule has 20 heavy (non-hydrogen) atoms. The molecule has 1 aromatic heterocycles. The molecule has 0 fully saturated rings. The second-order valence-corrected chi connectivity index (χ2v) is 5.97.